The Morgan fingerprint density at radius 1 is 1.39 bits per heavy atom. The number of rotatable bonds is 3. The number of aromatic carboxylic acids is 1. The molecule has 5 heteroatoms. The molecule has 0 saturated heterocycles. The van der Waals surface area contributed by atoms with Crippen molar-refractivity contribution < 1.29 is 19.1 Å². The smallest absolute Gasteiger partial charge is 0.336 e. The van der Waals surface area contributed by atoms with E-state index in [1.54, 1.807) is 12.1 Å². The first-order valence-corrected chi connectivity index (χ1v) is 6.19. The zero-order chi connectivity index (χ0) is 13.3. The van der Waals surface area contributed by atoms with Gasteiger partial charge in [0.1, 0.15) is 5.76 Å². The molecule has 0 amide bonds. The zero-order valence-electron chi connectivity index (χ0n) is 9.44. The summed E-state index contributed by atoms with van der Waals surface area (Å²) in [7, 11) is 0. The van der Waals surface area contributed by atoms with Gasteiger partial charge in [0.15, 0.2) is 12.0 Å². The minimum Gasteiger partial charge on any atom is -0.478 e. The molecule has 1 aromatic carbocycles. The van der Waals surface area contributed by atoms with Gasteiger partial charge in [-0.1, -0.05) is 0 Å². The van der Waals surface area contributed by atoms with Crippen LogP contribution in [0.5, 0.6) is 0 Å². The largest absolute Gasteiger partial charge is 0.478 e. The van der Waals surface area contributed by atoms with Crippen molar-refractivity contribution in [2.45, 2.75) is 6.92 Å². The molecular formula is C13H9IO4. The molecule has 92 valence electrons. The number of benzene rings is 1. The molecule has 4 nitrogen and oxygen atoms in total. The molecule has 0 saturated carbocycles. The van der Waals surface area contributed by atoms with E-state index in [0.717, 1.165) is 9.13 Å². The average Bonchev–Trinajstić information content (AvgIpc) is 2.76. The number of carboxylic acids is 1. The molecule has 1 N–H and O–H groups in total. The lowest BCUT2D eigenvalue weighted by molar-refractivity contribution is 0.0697. The fraction of sp³-hybridized carbons (Fsp3) is 0.0769. The Morgan fingerprint density at radius 3 is 2.67 bits per heavy atom. The van der Waals surface area contributed by atoms with Gasteiger partial charge in [-0.3, -0.25) is 4.79 Å². The van der Waals surface area contributed by atoms with Crippen LogP contribution in [0.25, 0.3) is 11.3 Å². The zero-order valence-corrected chi connectivity index (χ0v) is 11.6. The summed E-state index contributed by atoms with van der Waals surface area (Å²) in [6.07, 6.45) is 0.589. The predicted octanol–water partition coefficient (Wildman–Crippen LogP) is 3.37. The number of carbonyl (C=O) groups is 2. The van der Waals surface area contributed by atoms with Gasteiger partial charge in [-0.2, -0.15) is 0 Å². The predicted molar refractivity (Wildman–Crippen MR) is 73.9 cm³/mol. The molecule has 0 radical (unpaired) electrons. The third kappa shape index (κ3) is 2.31. The van der Waals surface area contributed by atoms with Crippen LogP contribution in [0.2, 0.25) is 0 Å². The molecule has 1 aromatic heterocycles. The lowest BCUT2D eigenvalue weighted by atomic mass is 10.00. The van der Waals surface area contributed by atoms with Gasteiger partial charge < -0.3 is 9.52 Å². The van der Waals surface area contributed by atoms with E-state index in [2.05, 4.69) is 22.6 Å². The molecule has 1 heterocycles. The van der Waals surface area contributed by atoms with Crippen molar-refractivity contribution >= 4 is 34.8 Å². The van der Waals surface area contributed by atoms with E-state index in [1.165, 1.54) is 6.07 Å². The molecule has 0 fully saturated rings. The number of aldehydes is 1. The summed E-state index contributed by atoms with van der Waals surface area (Å²) in [5.74, 6) is -0.446. The van der Waals surface area contributed by atoms with Crippen molar-refractivity contribution in [2.75, 3.05) is 0 Å². The second-order valence-electron chi connectivity index (χ2n) is 3.77. The van der Waals surface area contributed by atoms with Gasteiger partial charge in [0.05, 0.1) is 5.56 Å². The maximum Gasteiger partial charge on any atom is 0.336 e. The number of carbonyl (C=O) groups excluding carboxylic acids is 1. The second-order valence-corrected chi connectivity index (χ2v) is 5.02. The fourth-order valence-corrected chi connectivity index (χ4v) is 2.57. The van der Waals surface area contributed by atoms with Crippen molar-refractivity contribution in [3.05, 3.63) is 44.7 Å². The normalized spacial score (nSPS) is 10.3. The molecule has 0 aliphatic carbocycles. The molecule has 0 aliphatic heterocycles. The van der Waals surface area contributed by atoms with E-state index in [0.29, 0.717) is 17.6 Å². The maximum absolute atomic E-state index is 11.3. The highest BCUT2D eigenvalue weighted by Crippen LogP contribution is 2.30. The summed E-state index contributed by atoms with van der Waals surface area (Å²) in [6.45, 7) is 1.81. The van der Waals surface area contributed by atoms with Crippen LogP contribution in [0, 0.1) is 10.5 Å². The van der Waals surface area contributed by atoms with Crippen LogP contribution in [0.15, 0.2) is 28.7 Å². The van der Waals surface area contributed by atoms with E-state index in [4.69, 9.17) is 4.42 Å². The van der Waals surface area contributed by atoms with Gasteiger partial charge in [-0.25, -0.2) is 4.79 Å². The van der Waals surface area contributed by atoms with Crippen LogP contribution in [0.1, 0.15) is 26.5 Å². The van der Waals surface area contributed by atoms with E-state index < -0.39 is 5.97 Å². The van der Waals surface area contributed by atoms with E-state index in [-0.39, 0.29) is 11.3 Å². The molecule has 0 spiro atoms. The van der Waals surface area contributed by atoms with Gasteiger partial charge in [-0.05, 0) is 59.3 Å². The summed E-state index contributed by atoms with van der Waals surface area (Å²) in [5, 5.41) is 9.23. The highest BCUT2D eigenvalue weighted by Gasteiger charge is 2.18. The van der Waals surface area contributed by atoms with Crippen molar-refractivity contribution in [3.63, 3.8) is 0 Å². The van der Waals surface area contributed by atoms with E-state index >= 15 is 0 Å². The summed E-state index contributed by atoms with van der Waals surface area (Å²) in [4.78, 5) is 21.9. The van der Waals surface area contributed by atoms with Crippen molar-refractivity contribution in [1.29, 1.82) is 0 Å². The Balaban J connectivity index is 2.69. The van der Waals surface area contributed by atoms with Gasteiger partial charge in [0.2, 0.25) is 0 Å². The second kappa shape index (κ2) is 4.93. The topological polar surface area (TPSA) is 67.5 Å². The highest BCUT2D eigenvalue weighted by molar-refractivity contribution is 14.1. The fourth-order valence-electron chi connectivity index (χ4n) is 1.79. The molecule has 0 unspecified atom stereocenters. The molecule has 0 atom stereocenters. The average molecular weight is 356 g/mol. The monoisotopic (exact) mass is 356 g/mol. The number of carboxylic acid groups (broad SMARTS) is 1. The summed E-state index contributed by atoms with van der Waals surface area (Å²) in [5.41, 5.74) is 1.48. The van der Waals surface area contributed by atoms with Crippen LogP contribution < -0.4 is 0 Å². The van der Waals surface area contributed by atoms with Crippen LogP contribution in [-0.4, -0.2) is 17.4 Å². The standard InChI is InChI=1S/C13H9IO4/c1-7-4-8(14)5-10(13(16)17)12(7)11-3-2-9(6-15)18-11/h2-6H,1H3,(H,16,17). The van der Waals surface area contributed by atoms with Crippen LogP contribution in [0.3, 0.4) is 0 Å². The third-order valence-electron chi connectivity index (χ3n) is 2.52. The Morgan fingerprint density at radius 2 is 2.11 bits per heavy atom. The van der Waals surface area contributed by atoms with Crippen molar-refractivity contribution in [1.82, 2.24) is 0 Å². The van der Waals surface area contributed by atoms with Crippen molar-refractivity contribution in [3.8, 4) is 11.3 Å². The van der Waals surface area contributed by atoms with Crippen LogP contribution in [0.4, 0.5) is 0 Å². The quantitative estimate of drug-likeness (QED) is 0.677. The van der Waals surface area contributed by atoms with Gasteiger partial charge in [-0.15, -0.1) is 0 Å². The first-order valence-electron chi connectivity index (χ1n) is 5.11. The number of hydrogen-bond donors (Lipinski definition) is 1. The highest BCUT2D eigenvalue weighted by atomic mass is 127. The van der Waals surface area contributed by atoms with Crippen molar-refractivity contribution in [2.24, 2.45) is 0 Å². The van der Waals surface area contributed by atoms with Crippen LogP contribution >= 0.6 is 22.6 Å². The molecular weight excluding hydrogens is 347 g/mol. The summed E-state index contributed by atoms with van der Waals surface area (Å²) < 4.78 is 6.14. The van der Waals surface area contributed by atoms with Gasteiger partial charge >= 0.3 is 5.97 Å². The number of halogens is 1. The molecule has 0 aliphatic rings. The Kier molecular flexibility index (Phi) is 3.51. The Hall–Kier alpha value is -1.63. The number of aryl methyl sites for hydroxylation is 1. The summed E-state index contributed by atoms with van der Waals surface area (Å²) >= 11 is 2.06. The minimum absolute atomic E-state index is 0.172. The minimum atomic E-state index is -1.02. The van der Waals surface area contributed by atoms with Gasteiger partial charge in [0, 0.05) is 9.13 Å². The molecule has 2 aromatic rings. The number of hydrogen-bond acceptors (Lipinski definition) is 3. The molecule has 0 bridgehead atoms. The number of furan rings is 1. The Labute approximate surface area is 117 Å². The van der Waals surface area contributed by atoms with Crippen LogP contribution in [-0.2, 0) is 0 Å². The SMILES string of the molecule is Cc1cc(I)cc(C(=O)O)c1-c1ccc(C=O)o1. The molecule has 18 heavy (non-hydrogen) atoms. The van der Waals surface area contributed by atoms with Gasteiger partial charge in [0.25, 0.3) is 0 Å². The molecule has 2 rings (SSSR count). The van der Waals surface area contributed by atoms with E-state index in [9.17, 15) is 14.7 Å². The maximum atomic E-state index is 11.3. The Bertz CT molecular complexity index is 628. The third-order valence-corrected chi connectivity index (χ3v) is 3.14. The first kappa shape index (κ1) is 12.8. The lowest BCUT2D eigenvalue weighted by Gasteiger charge is -2.08. The first-order chi connectivity index (χ1) is 8.52. The van der Waals surface area contributed by atoms with E-state index in [1.807, 2.05) is 13.0 Å². The lowest BCUT2D eigenvalue weighted by Crippen LogP contribution is -2.02. The summed E-state index contributed by atoms with van der Waals surface area (Å²) in [6, 6.07) is 6.57.